The van der Waals surface area contributed by atoms with Crippen molar-refractivity contribution in [3.8, 4) is 5.75 Å². The van der Waals surface area contributed by atoms with Crippen molar-refractivity contribution in [2.24, 2.45) is 0 Å². The van der Waals surface area contributed by atoms with Gasteiger partial charge < -0.3 is 14.6 Å². The minimum Gasteiger partial charge on any atom is -0.497 e. The Morgan fingerprint density at radius 2 is 2.13 bits per heavy atom. The number of aromatic nitrogens is 2. The summed E-state index contributed by atoms with van der Waals surface area (Å²) in [5, 5.41) is 3.09. The van der Waals surface area contributed by atoms with Crippen molar-refractivity contribution < 1.29 is 9.53 Å². The molecule has 2 aromatic rings. The van der Waals surface area contributed by atoms with Crippen LogP contribution < -0.4 is 10.1 Å². The highest BCUT2D eigenvalue weighted by Crippen LogP contribution is 2.21. The number of rotatable bonds is 5. The quantitative estimate of drug-likeness (QED) is 0.923. The van der Waals surface area contributed by atoms with E-state index in [2.05, 4.69) is 21.8 Å². The number of nitrogens with zero attached hydrogens (tertiary/aromatic N) is 2. The van der Waals surface area contributed by atoms with E-state index in [1.807, 2.05) is 30.5 Å². The lowest BCUT2D eigenvalue weighted by atomic mass is 10.0. The standard InChI is InChI=1S/C18H23N3O2/c1-3-15(13-7-9-14(23-2)10-8-13)20-18(22)16-12-21-11-5-4-6-17(21)19-16/h7-10,12,15H,3-6,11H2,1-2H3,(H,20,22). The molecule has 0 aliphatic carbocycles. The summed E-state index contributed by atoms with van der Waals surface area (Å²) in [6, 6.07) is 7.79. The van der Waals surface area contributed by atoms with E-state index in [4.69, 9.17) is 4.74 Å². The molecule has 1 amide bonds. The van der Waals surface area contributed by atoms with Crippen LogP contribution in [0, 0.1) is 0 Å². The third-order valence-electron chi connectivity index (χ3n) is 4.37. The van der Waals surface area contributed by atoms with Crippen molar-refractivity contribution in [3.63, 3.8) is 0 Å². The highest BCUT2D eigenvalue weighted by Gasteiger charge is 2.19. The highest BCUT2D eigenvalue weighted by molar-refractivity contribution is 5.92. The van der Waals surface area contributed by atoms with E-state index in [1.54, 1.807) is 7.11 Å². The van der Waals surface area contributed by atoms with Crippen LogP contribution in [-0.4, -0.2) is 22.6 Å². The number of hydrogen-bond donors (Lipinski definition) is 1. The summed E-state index contributed by atoms with van der Waals surface area (Å²) < 4.78 is 7.28. The van der Waals surface area contributed by atoms with Crippen molar-refractivity contribution >= 4 is 5.91 Å². The number of hydrogen-bond acceptors (Lipinski definition) is 3. The molecule has 122 valence electrons. The van der Waals surface area contributed by atoms with Gasteiger partial charge in [0, 0.05) is 19.2 Å². The maximum Gasteiger partial charge on any atom is 0.271 e. The van der Waals surface area contributed by atoms with Crippen molar-refractivity contribution in [2.75, 3.05) is 7.11 Å². The van der Waals surface area contributed by atoms with Crippen molar-refractivity contribution in [3.05, 3.63) is 47.5 Å². The van der Waals surface area contributed by atoms with E-state index in [0.29, 0.717) is 5.69 Å². The topological polar surface area (TPSA) is 56.2 Å². The van der Waals surface area contributed by atoms with Crippen LogP contribution in [0.15, 0.2) is 30.5 Å². The first kappa shape index (κ1) is 15.6. The van der Waals surface area contributed by atoms with Gasteiger partial charge in [0.05, 0.1) is 13.2 Å². The number of imidazole rings is 1. The van der Waals surface area contributed by atoms with Crippen LogP contribution in [0.25, 0.3) is 0 Å². The van der Waals surface area contributed by atoms with Crippen LogP contribution >= 0.6 is 0 Å². The van der Waals surface area contributed by atoms with Gasteiger partial charge in [-0.15, -0.1) is 0 Å². The largest absolute Gasteiger partial charge is 0.497 e. The summed E-state index contributed by atoms with van der Waals surface area (Å²) >= 11 is 0. The SMILES string of the molecule is CCC(NC(=O)c1cn2c(n1)CCCC2)c1ccc(OC)cc1. The molecule has 1 aliphatic heterocycles. The van der Waals surface area contributed by atoms with Gasteiger partial charge in [-0.05, 0) is 37.0 Å². The smallest absolute Gasteiger partial charge is 0.271 e. The summed E-state index contributed by atoms with van der Waals surface area (Å²) in [4.78, 5) is 17.0. The zero-order valence-corrected chi connectivity index (χ0v) is 13.7. The number of ether oxygens (including phenoxy) is 1. The van der Waals surface area contributed by atoms with Gasteiger partial charge in [-0.2, -0.15) is 0 Å². The Balaban J connectivity index is 1.72. The fourth-order valence-electron chi connectivity index (χ4n) is 3.01. The van der Waals surface area contributed by atoms with Gasteiger partial charge in [-0.1, -0.05) is 19.1 Å². The molecule has 1 N–H and O–H groups in total. The third kappa shape index (κ3) is 3.38. The first-order chi connectivity index (χ1) is 11.2. The Morgan fingerprint density at radius 1 is 1.35 bits per heavy atom. The minimum atomic E-state index is -0.102. The number of amides is 1. The molecule has 0 radical (unpaired) electrons. The number of carbonyl (C=O) groups excluding carboxylic acids is 1. The van der Waals surface area contributed by atoms with E-state index < -0.39 is 0 Å². The molecule has 2 heterocycles. The van der Waals surface area contributed by atoms with Gasteiger partial charge >= 0.3 is 0 Å². The third-order valence-corrected chi connectivity index (χ3v) is 4.37. The van der Waals surface area contributed by atoms with Gasteiger partial charge in [0.25, 0.3) is 5.91 Å². The van der Waals surface area contributed by atoms with Gasteiger partial charge in [-0.25, -0.2) is 4.98 Å². The number of nitrogens with one attached hydrogen (secondary N) is 1. The van der Waals surface area contributed by atoms with E-state index in [-0.39, 0.29) is 11.9 Å². The van der Waals surface area contributed by atoms with Crippen LogP contribution in [0.3, 0.4) is 0 Å². The molecular formula is C18H23N3O2. The zero-order valence-electron chi connectivity index (χ0n) is 13.7. The Morgan fingerprint density at radius 3 is 2.78 bits per heavy atom. The van der Waals surface area contributed by atoms with Gasteiger partial charge in [0.1, 0.15) is 17.3 Å². The average molecular weight is 313 g/mol. The molecule has 3 rings (SSSR count). The maximum absolute atomic E-state index is 12.5. The maximum atomic E-state index is 12.5. The molecule has 0 saturated heterocycles. The lowest BCUT2D eigenvalue weighted by Gasteiger charge is -2.17. The molecule has 1 aliphatic rings. The summed E-state index contributed by atoms with van der Waals surface area (Å²) in [5.41, 5.74) is 1.60. The first-order valence-corrected chi connectivity index (χ1v) is 8.22. The summed E-state index contributed by atoms with van der Waals surface area (Å²) in [6.07, 6.45) is 5.98. The highest BCUT2D eigenvalue weighted by atomic mass is 16.5. The van der Waals surface area contributed by atoms with Crippen molar-refractivity contribution in [1.82, 2.24) is 14.9 Å². The van der Waals surface area contributed by atoms with Gasteiger partial charge in [0.15, 0.2) is 0 Å². The Bertz CT molecular complexity index is 653. The molecule has 1 atom stereocenters. The molecule has 0 fully saturated rings. The molecule has 1 aromatic carbocycles. The number of fused-ring (bicyclic) bond motifs is 1. The second-order valence-corrected chi connectivity index (χ2v) is 5.90. The molecule has 0 saturated carbocycles. The number of benzene rings is 1. The fourth-order valence-corrected chi connectivity index (χ4v) is 3.01. The monoisotopic (exact) mass is 313 g/mol. The Hall–Kier alpha value is -2.30. The lowest BCUT2D eigenvalue weighted by Crippen LogP contribution is -2.28. The Kier molecular flexibility index (Phi) is 4.65. The molecule has 5 heteroatoms. The normalized spacial score (nSPS) is 14.9. The van der Waals surface area contributed by atoms with Gasteiger partial charge in [0.2, 0.25) is 0 Å². The second-order valence-electron chi connectivity index (χ2n) is 5.90. The first-order valence-electron chi connectivity index (χ1n) is 8.22. The molecule has 1 aromatic heterocycles. The molecule has 0 bridgehead atoms. The van der Waals surface area contributed by atoms with Crippen LogP contribution in [-0.2, 0) is 13.0 Å². The van der Waals surface area contributed by atoms with E-state index in [9.17, 15) is 4.79 Å². The van der Waals surface area contributed by atoms with E-state index >= 15 is 0 Å². The minimum absolute atomic E-state index is 0.0212. The van der Waals surface area contributed by atoms with Gasteiger partial charge in [-0.3, -0.25) is 4.79 Å². The van der Waals surface area contributed by atoms with Crippen LogP contribution in [0.4, 0.5) is 0 Å². The number of aryl methyl sites for hydroxylation is 2. The van der Waals surface area contributed by atoms with Crippen LogP contribution in [0.5, 0.6) is 5.75 Å². The molecule has 5 nitrogen and oxygen atoms in total. The number of carbonyl (C=O) groups is 1. The predicted octanol–water partition coefficient (Wildman–Crippen LogP) is 3.11. The van der Waals surface area contributed by atoms with Crippen molar-refractivity contribution in [1.29, 1.82) is 0 Å². The Labute approximate surface area is 136 Å². The predicted molar refractivity (Wildman–Crippen MR) is 88.7 cm³/mol. The second kappa shape index (κ2) is 6.86. The van der Waals surface area contributed by atoms with E-state index in [1.165, 1.54) is 0 Å². The summed E-state index contributed by atoms with van der Waals surface area (Å²) in [5.74, 6) is 1.74. The van der Waals surface area contributed by atoms with Crippen LogP contribution in [0.1, 0.15) is 54.1 Å². The molecular weight excluding hydrogens is 290 g/mol. The number of methoxy groups -OCH3 is 1. The summed E-state index contributed by atoms with van der Waals surface area (Å²) in [6.45, 7) is 3.03. The lowest BCUT2D eigenvalue weighted by molar-refractivity contribution is 0.0931. The molecule has 0 spiro atoms. The fraction of sp³-hybridized carbons (Fsp3) is 0.444. The summed E-state index contributed by atoms with van der Waals surface area (Å²) in [7, 11) is 1.65. The van der Waals surface area contributed by atoms with Crippen molar-refractivity contribution in [2.45, 2.75) is 45.2 Å². The average Bonchev–Trinajstić information content (AvgIpc) is 3.04. The molecule has 1 unspecified atom stereocenters. The molecule has 23 heavy (non-hydrogen) atoms. The zero-order chi connectivity index (χ0) is 16.2. The van der Waals surface area contributed by atoms with E-state index in [0.717, 1.165) is 49.4 Å². The van der Waals surface area contributed by atoms with Crippen LogP contribution in [0.2, 0.25) is 0 Å².